The Morgan fingerprint density at radius 1 is 0.889 bits per heavy atom. The van der Waals surface area contributed by atoms with Crippen LogP contribution in [0.15, 0.2) is 0 Å². The van der Waals surface area contributed by atoms with Gasteiger partial charge in [-0.05, 0) is 61.8 Å². The second kappa shape index (κ2) is 6.41. The molecule has 1 nitrogen and oxygen atoms in total. The summed E-state index contributed by atoms with van der Waals surface area (Å²) in [5, 5.41) is 0. The van der Waals surface area contributed by atoms with Crippen LogP contribution in [-0.2, 0) is 0 Å². The van der Waals surface area contributed by atoms with E-state index in [2.05, 4.69) is 13.8 Å². The van der Waals surface area contributed by atoms with Crippen LogP contribution in [0.5, 0.6) is 0 Å². The topological polar surface area (TPSA) is 26.0 Å². The van der Waals surface area contributed by atoms with Gasteiger partial charge in [0.15, 0.2) is 0 Å². The molecule has 1 atom stereocenters. The molecule has 0 spiro atoms. The van der Waals surface area contributed by atoms with Gasteiger partial charge in [0.2, 0.25) is 0 Å². The Hall–Kier alpha value is -0.0400. The molecule has 0 aromatic rings. The normalized spacial score (nSPS) is 34.2. The molecule has 0 heterocycles. The van der Waals surface area contributed by atoms with Gasteiger partial charge in [-0.25, -0.2) is 0 Å². The zero-order valence-corrected chi connectivity index (χ0v) is 12.6. The van der Waals surface area contributed by atoms with Crippen LogP contribution in [0.25, 0.3) is 0 Å². The Morgan fingerprint density at radius 2 is 1.44 bits per heavy atom. The van der Waals surface area contributed by atoms with Crippen molar-refractivity contribution < 1.29 is 0 Å². The minimum absolute atomic E-state index is 0.414. The Balaban J connectivity index is 1.83. The van der Waals surface area contributed by atoms with Crippen LogP contribution in [-0.4, -0.2) is 6.54 Å². The highest BCUT2D eigenvalue weighted by Crippen LogP contribution is 2.45. The fourth-order valence-electron chi connectivity index (χ4n) is 4.49. The predicted molar refractivity (Wildman–Crippen MR) is 79.5 cm³/mol. The van der Waals surface area contributed by atoms with Crippen molar-refractivity contribution in [2.24, 2.45) is 28.9 Å². The first kappa shape index (κ1) is 14.4. The van der Waals surface area contributed by atoms with Crippen molar-refractivity contribution >= 4 is 0 Å². The van der Waals surface area contributed by atoms with Crippen molar-refractivity contribution in [1.29, 1.82) is 0 Å². The maximum absolute atomic E-state index is 6.03. The lowest BCUT2D eigenvalue weighted by molar-refractivity contribution is 0.0892. The summed E-state index contributed by atoms with van der Waals surface area (Å²) in [6, 6.07) is 0. The fourth-order valence-corrected chi connectivity index (χ4v) is 4.49. The molecule has 0 aromatic heterocycles. The van der Waals surface area contributed by atoms with Crippen molar-refractivity contribution in [3.63, 3.8) is 0 Å². The van der Waals surface area contributed by atoms with E-state index in [0.29, 0.717) is 5.41 Å². The number of rotatable bonds is 4. The van der Waals surface area contributed by atoms with Crippen molar-refractivity contribution in [2.45, 2.75) is 78.1 Å². The molecule has 2 aliphatic carbocycles. The van der Waals surface area contributed by atoms with Crippen molar-refractivity contribution in [1.82, 2.24) is 0 Å². The van der Waals surface area contributed by atoms with Crippen molar-refractivity contribution in [3.05, 3.63) is 0 Å². The smallest absolute Gasteiger partial charge is 0.00206 e. The lowest BCUT2D eigenvalue weighted by Crippen LogP contribution is -2.37. The molecule has 0 bridgehead atoms. The molecule has 0 saturated heterocycles. The lowest BCUT2D eigenvalue weighted by Gasteiger charge is -2.43. The van der Waals surface area contributed by atoms with E-state index in [1.165, 1.54) is 64.2 Å². The molecular weight excluding hydrogens is 218 g/mol. The summed E-state index contributed by atoms with van der Waals surface area (Å²) in [5.74, 6) is 3.03. The zero-order valence-electron chi connectivity index (χ0n) is 12.6. The molecule has 0 aliphatic heterocycles. The van der Waals surface area contributed by atoms with Gasteiger partial charge < -0.3 is 5.73 Å². The van der Waals surface area contributed by atoms with Crippen LogP contribution in [0.3, 0.4) is 0 Å². The monoisotopic (exact) mass is 251 g/mol. The fraction of sp³-hybridized carbons (Fsp3) is 1.00. The van der Waals surface area contributed by atoms with E-state index < -0.39 is 0 Å². The third kappa shape index (κ3) is 3.10. The van der Waals surface area contributed by atoms with Crippen LogP contribution in [0, 0.1) is 23.2 Å². The summed E-state index contributed by atoms with van der Waals surface area (Å²) in [7, 11) is 0. The van der Waals surface area contributed by atoms with E-state index in [1.54, 1.807) is 0 Å². The van der Waals surface area contributed by atoms with E-state index >= 15 is 0 Å². The number of hydrogen-bond donors (Lipinski definition) is 1. The number of nitrogens with two attached hydrogens (primary N) is 1. The maximum atomic E-state index is 6.03. The Kier molecular flexibility index (Phi) is 5.12. The third-order valence-corrected chi connectivity index (χ3v) is 6.35. The van der Waals surface area contributed by atoms with Gasteiger partial charge in [-0.1, -0.05) is 46.0 Å². The molecule has 2 fully saturated rings. The molecule has 106 valence electrons. The van der Waals surface area contributed by atoms with Crippen LogP contribution >= 0.6 is 0 Å². The summed E-state index contributed by atoms with van der Waals surface area (Å²) in [4.78, 5) is 0. The highest BCUT2D eigenvalue weighted by molar-refractivity contribution is 4.88. The van der Waals surface area contributed by atoms with E-state index in [1.807, 2.05) is 0 Å². The summed E-state index contributed by atoms with van der Waals surface area (Å²) < 4.78 is 0. The second-order valence-electron chi connectivity index (χ2n) is 7.22. The quantitative estimate of drug-likeness (QED) is 0.766. The lowest BCUT2D eigenvalue weighted by atomic mass is 9.63. The van der Waals surface area contributed by atoms with E-state index in [-0.39, 0.29) is 0 Å². The molecule has 18 heavy (non-hydrogen) atoms. The molecule has 1 heteroatoms. The van der Waals surface area contributed by atoms with Gasteiger partial charge in [0.05, 0.1) is 0 Å². The molecule has 2 N–H and O–H groups in total. The highest BCUT2D eigenvalue weighted by atomic mass is 14.6. The summed E-state index contributed by atoms with van der Waals surface area (Å²) in [6.45, 7) is 5.61. The van der Waals surface area contributed by atoms with Crippen molar-refractivity contribution in [3.8, 4) is 0 Å². The SMILES string of the molecule is CCC(C)(CN)C1CCC(C2CCCCC2)CC1. The van der Waals surface area contributed by atoms with Gasteiger partial charge >= 0.3 is 0 Å². The van der Waals surface area contributed by atoms with Crippen LogP contribution in [0.2, 0.25) is 0 Å². The predicted octanol–water partition coefficient (Wildman–Crippen LogP) is 4.75. The molecule has 0 amide bonds. The van der Waals surface area contributed by atoms with Gasteiger partial charge in [-0.15, -0.1) is 0 Å². The molecule has 0 aromatic carbocycles. The van der Waals surface area contributed by atoms with Gasteiger partial charge in [0.1, 0.15) is 0 Å². The standard InChI is InChI=1S/C17H33N/c1-3-17(2,13-18)16-11-9-15(10-12-16)14-7-5-4-6-8-14/h14-16H,3-13,18H2,1-2H3. The van der Waals surface area contributed by atoms with Gasteiger partial charge in [0.25, 0.3) is 0 Å². The minimum Gasteiger partial charge on any atom is -0.330 e. The van der Waals surface area contributed by atoms with Gasteiger partial charge in [0, 0.05) is 0 Å². The zero-order chi connectivity index (χ0) is 13.0. The number of hydrogen-bond acceptors (Lipinski definition) is 1. The van der Waals surface area contributed by atoms with E-state index in [4.69, 9.17) is 5.73 Å². The molecule has 2 aliphatic rings. The van der Waals surface area contributed by atoms with Gasteiger partial charge in [-0.2, -0.15) is 0 Å². The molecule has 1 unspecified atom stereocenters. The molecule has 2 rings (SSSR count). The Labute approximate surface area is 114 Å². The highest BCUT2D eigenvalue weighted by Gasteiger charge is 2.36. The first-order chi connectivity index (χ1) is 8.69. The summed E-state index contributed by atoms with van der Waals surface area (Å²) in [5.41, 5.74) is 6.44. The Bertz CT molecular complexity index is 230. The maximum Gasteiger partial charge on any atom is -0.00206 e. The van der Waals surface area contributed by atoms with Crippen molar-refractivity contribution in [2.75, 3.05) is 6.54 Å². The van der Waals surface area contributed by atoms with E-state index in [0.717, 1.165) is 24.3 Å². The van der Waals surface area contributed by atoms with Gasteiger partial charge in [-0.3, -0.25) is 0 Å². The minimum atomic E-state index is 0.414. The van der Waals surface area contributed by atoms with Crippen LogP contribution in [0.4, 0.5) is 0 Å². The first-order valence-electron chi connectivity index (χ1n) is 8.39. The van der Waals surface area contributed by atoms with E-state index in [9.17, 15) is 0 Å². The largest absolute Gasteiger partial charge is 0.330 e. The molecular formula is C17H33N. The molecule has 0 radical (unpaired) electrons. The first-order valence-corrected chi connectivity index (χ1v) is 8.39. The second-order valence-corrected chi connectivity index (χ2v) is 7.22. The van der Waals surface area contributed by atoms with Crippen LogP contribution in [0.1, 0.15) is 78.1 Å². The average molecular weight is 251 g/mol. The van der Waals surface area contributed by atoms with Crippen LogP contribution < -0.4 is 5.73 Å². The summed E-state index contributed by atoms with van der Waals surface area (Å²) in [6.07, 6.45) is 14.7. The average Bonchev–Trinajstić information content (AvgIpc) is 2.47. The summed E-state index contributed by atoms with van der Waals surface area (Å²) >= 11 is 0. The third-order valence-electron chi connectivity index (χ3n) is 6.35. The Morgan fingerprint density at radius 3 is 1.94 bits per heavy atom. The molecule has 2 saturated carbocycles.